The molecule has 13 nitrogen and oxygen atoms in total. The van der Waals surface area contributed by atoms with Gasteiger partial charge in [0.15, 0.2) is 5.69 Å². The molecule has 1 aliphatic heterocycles. The number of fused-ring (bicyclic) bond motifs is 2. The summed E-state index contributed by atoms with van der Waals surface area (Å²) >= 11 is 0. The fourth-order valence-corrected chi connectivity index (χ4v) is 4.52. The Kier molecular flexibility index (Phi) is 10.2. The minimum Gasteiger partial charge on any atom is -0.446 e. The SMILES string of the molecule is CC(C)[C@@H]1NC(=O)[C@@H](NC(=O)CCn2cnnc2)CCCCNC(=O)c2coc(n2)[C@@H](Cc2ccccc2)NC1=O. The van der Waals surface area contributed by atoms with E-state index < -0.39 is 35.8 Å². The topological polar surface area (TPSA) is 173 Å². The third-order valence-corrected chi connectivity index (χ3v) is 6.82. The van der Waals surface area contributed by atoms with Crippen molar-refractivity contribution in [1.82, 2.24) is 41.0 Å². The van der Waals surface area contributed by atoms with Crippen LogP contribution >= 0.6 is 0 Å². The van der Waals surface area contributed by atoms with Crippen LogP contribution in [0.4, 0.5) is 0 Å². The first-order chi connectivity index (χ1) is 19.8. The van der Waals surface area contributed by atoms with E-state index in [0.717, 1.165) is 5.56 Å². The minimum absolute atomic E-state index is 0.117. The van der Waals surface area contributed by atoms with Gasteiger partial charge in [0.1, 0.15) is 37.0 Å². The summed E-state index contributed by atoms with van der Waals surface area (Å²) in [4.78, 5) is 56.7. The first kappa shape index (κ1) is 29.4. The molecule has 13 heteroatoms. The van der Waals surface area contributed by atoms with Gasteiger partial charge in [0.25, 0.3) is 5.91 Å². The number of rotatable bonds is 7. The van der Waals surface area contributed by atoms with Crippen LogP contribution in [0.5, 0.6) is 0 Å². The van der Waals surface area contributed by atoms with Crippen LogP contribution in [0, 0.1) is 5.92 Å². The lowest BCUT2D eigenvalue weighted by Crippen LogP contribution is -2.56. The summed E-state index contributed by atoms with van der Waals surface area (Å²) in [5.74, 6) is -1.66. The summed E-state index contributed by atoms with van der Waals surface area (Å²) < 4.78 is 7.31. The van der Waals surface area contributed by atoms with E-state index in [1.807, 2.05) is 44.2 Å². The predicted octanol–water partition coefficient (Wildman–Crippen LogP) is 1.30. The first-order valence-electron chi connectivity index (χ1n) is 13.8. The van der Waals surface area contributed by atoms with Gasteiger partial charge in [-0.2, -0.15) is 0 Å². The fraction of sp³-hybridized carbons (Fsp3) is 0.464. The monoisotopic (exact) mass is 564 g/mol. The van der Waals surface area contributed by atoms with Crippen molar-refractivity contribution in [2.75, 3.05) is 6.54 Å². The number of carbonyl (C=O) groups is 4. The third kappa shape index (κ3) is 8.47. The van der Waals surface area contributed by atoms with E-state index in [0.29, 0.717) is 38.8 Å². The predicted molar refractivity (Wildman–Crippen MR) is 147 cm³/mol. The molecule has 1 aliphatic rings. The number of carbonyl (C=O) groups excluding carboxylic acids is 4. The lowest BCUT2D eigenvalue weighted by molar-refractivity contribution is -0.133. The second-order valence-electron chi connectivity index (χ2n) is 10.4. The molecule has 1 aromatic carbocycles. The van der Waals surface area contributed by atoms with Crippen molar-refractivity contribution in [3.8, 4) is 0 Å². The van der Waals surface area contributed by atoms with E-state index in [9.17, 15) is 19.2 Å². The summed E-state index contributed by atoms with van der Waals surface area (Å²) in [5, 5.41) is 18.9. The number of aryl methyl sites for hydroxylation is 1. The molecule has 0 unspecified atom stereocenters. The van der Waals surface area contributed by atoms with E-state index in [1.165, 1.54) is 18.9 Å². The van der Waals surface area contributed by atoms with Crippen molar-refractivity contribution in [3.63, 3.8) is 0 Å². The van der Waals surface area contributed by atoms with Crippen molar-refractivity contribution < 1.29 is 23.6 Å². The van der Waals surface area contributed by atoms with E-state index in [-0.39, 0.29) is 29.8 Å². The van der Waals surface area contributed by atoms with Crippen molar-refractivity contribution in [2.24, 2.45) is 5.92 Å². The zero-order valence-electron chi connectivity index (χ0n) is 23.2. The number of aromatic nitrogens is 4. The van der Waals surface area contributed by atoms with Crippen molar-refractivity contribution in [2.45, 2.75) is 70.6 Å². The number of hydrogen-bond donors (Lipinski definition) is 4. The average Bonchev–Trinajstić information content (AvgIpc) is 3.66. The Labute approximate surface area is 237 Å². The number of benzene rings is 1. The van der Waals surface area contributed by atoms with Crippen molar-refractivity contribution in [1.29, 1.82) is 0 Å². The maximum Gasteiger partial charge on any atom is 0.273 e. The van der Waals surface area contributed by atoms with Gasteiger partial charge in [0.05, 0.1) is 0 Å². The van der Waals surface area contributed by atoms with Crippen LogP contribution in [-0.2, 0) is 27.3 Å². The Bertz CT molecular complexity index is 1310. The highest BCUT2D eigenvalue weighted by Gasteiger charge is 2.31. The van der Waals surface area contributed by atoms with Gasteiger partial charge >= 0.3 is 0 Å². The number of hydrogen-bond acceptors (Lipinski definition) is 8. The smallest absolute Gasteiger partial charge is 0.273 e. The molecule has 3 aromatic rings. The molecule has 3 atom stereocenters. The molecule has 0 saturated carbocycles. The highest BCUT2D eigenvalue weighted by molar-refractivity contribution is 5.93. The van der Waals surface area contributed by atoms with Crippen LogP contribution in [0.1, 0.15) is 67.5 Å². The van der Waals surface area contributed by atoms with Crippen LogP contribution < -0.4 is 21.3 Å². The zero-order valence-corrected chi connectivity index (χ0v) is 23.2. The van der Waals surface area contributed by atoms with Crippen LogP contribution in [-0.4, -0.2) is 62.0 Å². The second kappa shape index (κ2) is 14.2. The highest BCUT2D eigenvalue weighted by atomic mass is 16.3. The Balaban J connectivity index is 1.54. The summed E-state index contributed by atoms with van der Waals surface area (Å²) in [7, 11) is 0. The van der Waals surface area contributed by atoms with Crippen LogP contribution in [0.3, 0.4) is 0 Å². The molecule has 4 amide bonds. The van der Waals surface area contributed by atoms with Crippen LogP contribution in [0.25, 0.3) is 0 Å². The van der Waals surface area contributed by atoms with Crippen LogP contribution in [0.2, 0.25) is 0 Å². The molecule has 3 heterocycles. The second-order valence-corrected chi connectivity index (χ2v) is 10.4. The van der Waals surface area contributed by atoms with Gasteiger partial charge in [-0.25, -0.2) is 4.98 Å². The summed E-state index contributed by atoms with van der Waals surface area (Å²) in [6.07, 6.45) is 6.24. The molecule has 2 aromatic heterocycles. The molecule has 41 heavy (non-hydrogen) atoms. The zero-order chi connectivity index (χ0) is 29.2. The summed E-state index contributed by atoms with van der Waals surface area (Å²) in [5.41, 5.74) is 1.04. The molecule has 218 valence electrons. The molecule has 0 saturated heterocycles. The van der Waals surface area contributed by atoms with Crippen molar-refractivity contribution in [3.05, 3.63) is 66.4 Å². The highest BCUT2D eigenvalue weighted by Crippen LogP contribution is 2.20. The van der Waals surface area contributed by atoms with Gasteiger partial charge in [0.2, 0.25) is 23.6 Å². The van der Waals surface area contributed by atoms with E-state index in [2.05, 4.69) is 36.4 Å². The molecule has 0 fully saturated rings. The normalized spacial score (nSPS) is 20.7. The van der Waals surface area contributed by atoms with Gasteiger partial charge in [-0.1, -0.05) is 44.2 Å². The number of amides is 4. The Hall–Kier alpha value is -4.55. The Morgan fingerprint density at radius 3 is 2.56 bits per heavy atom. The third-order valence-electron chi connectivity index (χ3n) is 6.82. The number of nitrogens with one attached hydrogen (secondary N) is 4. The Morgan fingerprint density at radius 2 is 1.83 bits per heavy atom. The first-order valence-corrected chi connectivity index (χ1v) is 13.8. The molecule has 2 bridgehead atoms. The standard InChI is InChI=1S/C28H36N8O5/c1-18(2)24-27(40)33-21(14-19-8-4-3-5-9-19)28-34-22(15-41-28)25(38)29-12-7-6-10-20(26(39)35-24)32-23(37)11-13-36-16-30-31-17-36/h3-5,8-9,15-18,20-21,24H,6-7,10-14H2,1-2H3,(H,29,38)(H,32,37)(H,33,40)(H,35,39)/t20-,21+,24-/m0/s1. The molecule has 0 spiro atoms. The lowest BCUT2D eigenvalue weighted by atomic mass is 10.00. The lowest BCUT2D eigenvalue weighted by Gasteiger charge is -2.27. The van der Waals surface area contributed by atoms with Gasteiger partial charge < -0.3 is 30.3 Å². The van der Waals surface area contributed by atoms with E-state index in [4.69, 9.17) is 4.42 Å². The molecule has 0 radical (unpaired) electrons. The quantitative estimate of drug-likeness (QED) is 0.332. The van der Waals surface area contributed by atoms with E-state index in [1.54, 1.807) is 4.57 Å². The van der Waals surface area contributed by atoms with Gasteiger partial charge in [-0.15, -0.1) is 10.2 Å². The molecular formula is C28H36N8O5. The van der Waals surface area contributed by atoms with Gasteiger partial charge in [0, 0.05) is 25.9 Å². The minimum atomic E-state index is -0.886. The Morgan fingerprint density at radius 1 is 1.07 bits per heavy atom. The van der Waals surface area contributed by atoms with Gasteiger partial charge in [-0.3, -0.25) is 19.2 Å². The van der Waals surface area contributed by atoms with Crippen molar-refractivity contribution >= 4 is 23.6 Å². The maximum absolute atomic E-state index is 13.6. The van der Waals surface area contributed by atoms with Crippen LogP contribution in [0.15, 0.2) is 53.7 Å². The molecule has 4 rings (SSSR count). The van der Waals surface area contributed by atoms with Gasteiger partial charge in [-0.05, 0) is 30.7 Å². The largest absolute Gasteiger partial charge is 0.446 e. The summed E-state index contributed by atoms with van der Waals surface area (Å²) in [6.45, 7) is 4.38. The van der Waals surface area contributed by atoms with E-state index >= 15 is 0 Å². The molecular weight excluding hydrogens is 528 g/mol. The summed E-state index contributed by atoms with van der Waals surface area (Å²) in [6, 6.07) is 7.07. The average molecular weight is 565 g/mol. The maximum atomic E-state index is 13.6. The number of nitrogens with zero attached hydrogens (tertiary/aromatic N) is 4. The molecule has 0 aliphatic carbocycles. The molecule has 4 N–H and O–H groups in total. The number of oxazole rings is 1. The fourth-order valence-electron chi connectivity index (χ4n) is 4.52.